The second kappa shape index (κ2) is 5.16. The van der Waals surface area contributed by atoms with Crippen LogP contribution in [0.3, 0.4) is 0 Å². The Morgan fingerprint density at radius 2 is 2.29 bits per heavy atom. The minimum Gasteiger partial charge on any atom is -0.454 e. The molecule has 78 valence electrons. The van der Waals surface area contributed by atoms with Crippen LogP contribution in [0.25, 0.3) is 0 Å². The zero-order chi connectivity index (χ0) is 9.80. The highest BCUT2D eigenvalue weighted by Gasteiger charge is 2.16. The van der Waals surface area contributed by atoms with Crippen molar-refractivity contribution < 1.29 is 4.42 Å². The molecule has 1 saturated carbocycles. The first-order valence-corrected chi connectivity index (χ1v) is 6.37. The fourth-order valence-electron chi connectivity index (χ4n) is 1.75. The van der Waals surface area contributed by atoms with E-state index in [-0.39, 0.29) is 0 Å². The second-order valence-electron chi connectivity index (χ2n) is 3.97. The number of nitrogens with one attached hydrogen (secondary N) is 1. The van der Waals surface area contributed by atoms with Crippen molar-refractivity contribution in [2.45, 2.75) is 32.2 Å². The smallest absolute Gasteiger partial charge is 0.164 e. The third kappa shape index (κ3) is 2.98. The van der Waals surface area contributed by atoms with Crippen LogP contribution in [-0.2, 0) is 6.54 Å². The van der Waals surface area contributed by atoms with Crippen molar-refractivity contribution >= 4 is 22.6 Å². The molecule has 1 aliphatic carbocycles. The topological polar surface area (TPSA) is 25.2 Å². The van der Waals surface area contributed by atoms with Crippen LogP contribution in [0.4, 0.5) is 0 Å². The lowest BCUT2D eigenvalue weighted by Gasteiger charge is -2.25. The summed E-state index contributed by atoms with van der Waals surface area (Å²) in [4.78, 5) is 0. The highest BCUT2D eigenvalue weighted by atomic mass is 127. The fraction of sp³-hybridized carbons (Fsp3) is 0.636. The van der Waals surface area contributed by atoms with Crippen LogP contribution in [0, 0.1) is 9.68 Å². The maximum Gasteiger partial charge on any atom is 0.164 e. The average Bonchev–Trinajstić information content (AvgIpc) is 2.48. The van der Waals surface area contributed by atoms with Crippen molar-refractivity contribution in [1.82, 2.24) is 5.32 Å². The zero-order valence-corrected chi connectivity index (χ0v) is 10.4. The van der Waals surface area contributed by atoms with Gasteiger partial charge in [0, 0.05) is 0 Å². The van der Waals surface area contributed by atoms with Crippen molar-refractivity contribution in [1.29, 1.82) is 0 Å². The van der Waals surface area contributed by atoms with Crippen LogP contribution in [-0.4, -0.2) is 6.54 Å². The molecule has 0 unspecified atom stereocenters. The lowest BCUT2D eigenvalue weighted by atomic mass is 9.83. The fourth-order valence-corrected chi connectivity index (χ4v) is 2.21. The number of halogens is 1. The predicted molar refractivity (Wildman–Crippen MR) is 65.1 cm³/mol. The molecule has 3 heteroatoms. The van der Waals surface area contributed by atoms with Gasteiger partial charge in [-0.05, 0) is 53.6 Å². The van der Waals surface area contributed by atoms with E-state index >= 15 is 0 Å². The van der Waals surface area contributed by atoms with Crippen LogP contribution >= 0.6 is 22.6 Å². The van der Waals surface area contributed by atoms with Gasteiger partial charge in [0.15, 0.2) is 3.77 Å². The van der Waals surface area contributed by atoms with Crippen LogP contribution in [0.15, 0.2) is 16.5 Å². The molecule has 1 aromatic heterocycles. The summed E-state index contributed by atoms with van der Waals surface area (Å²) in [7, 11) is 0. The van der Waals surface area contributed by atoms with Crippen LogP contribution in [0.5, 0.6) is 0 Å². The van der Waals surface area contributed by atoms with E-state index in [9.17, 15) is 0 Å². The first-order chi connectivity index (χ1) is 6.84. The van der Waals surface area contributed by atoms with E-state index in [4.69, 9.17) is 4.42 Å². The molecule has 0 aliphatic heterocycles. The Bertz CT molecular complexity index is 281. The Labute approximate surface area is 98.6 Å². The van der Waals surface area contributed by atoms with E-state index in [1.165, 1.54) is 25.7 Å². The number of hydrogen-bond acceptors (Lipinski definition) is 2. The lowest BCUT2D eigenvalue weighted by molar-refractivity contribution is 0.290. The lowest BCUT2D eigenvalue weighted by Crippen LogP contribution is -2.20. The monoisotopic (exact) mass is 305 g/mol. The summed E-state index contributed by atoms with van der Waals surface area (Å²) in [6, 6.07) is 4.04. The van der Waals surface area contributed by atoms with E-state index in [0.717, 1.165) is 28.5 Å². The van der Waals surface area contributed by atoms with Crippen molar-refractivity contribution in [3.63, 3.8) is 0 Å². The maximum absolute atomic E-state index is 5.46. The molecule has 0 saturated heterocycles. The molecule has 0 spiro atoms. The molecule has 1 aliphatic rings. The molecule has 1 aromatic rings. The van der Waals surface area contributed by atoms with Crippen LogP contribution < -0.4 is 5.32 Å². The summed E-state index contributed by atoms with van der Waals surface area (Å²) in [5.74, 6) is 2.04. The van der Waals surface area contributed by atoms with Gasteiger partial charge in [-0.2, -0.15) is 0 Å². The molecule has 0 aromatic carbocycles. The molecule has 0 radical (unpaired) electrons. The zero-order valence-electron chi connectivity index (χ0n) is 8.26. The summed E-state index contributed by atoms with van der Waals surface area (Å²) in [6.45, 7) is 2.00. The average molecular weight is 305 g/mol. The van der Waals surface area contributed by atoms with E-state index in [1.807, 2.05) is 12.1 Å². The van der Waals surface area contributed by atoms with Crippen molar-refractivity contribution in [3.8, 4) is 0 Å². The molecular weight excluding hydrogens is 289 g/mol. The Hall–Kier alpha value is -0.0300. The maximum atomic E-state index is 5.46. The SMILES string of the molecule is Ic1ccc(CNCCC2CCC2)o1. The van der Waals surface area contributed by atoms with E-state index in [0.29, 0.717) is 0 Å². The first kappa shape index (κ1) is 10.5. The van der Waals surface area contributed by atoms with Crippen molar-refractivity contribution in [3.05, 3.63) is 21.7 Å². The van der Waals surface area contributed by atoms with Gasteiger partial charge in [-0.3, -0.25) is 0 Å². The molecule has 0 bridgehead atoms. The van der Waals surface area contributed by atoms with Gasteiger partial charge in [0.25, 0.3) is 0 Å². The third-order valence-electron chi connectivity index (χ3n) is 2.88. The molecule has 0 atom stereocenters. The molecule has 2 rings (SSSR count). The summed E-state index contributed by atoms with van der Waals surface area (Å²) in [5, 5.41) is 3.42. The number of rotatable bonds is 5. The Kier molecular flexibility index (Phi) is 3.87. The Morgan fingerprint density at radius 3 is 2.86 bits per heavy atom. The molecular formula is C11H16INO. The molecule has 0 amide bonds. The largest absolute Gasteiger partial charge is 0.454 e. The molecule has 14 heavy (non-hydrogen) atoms. The van der Waals surface area contributed by atoms with E-state index < -0.39 is 0 Å². The molecule has 1 fully saturated rings. The predicted octanol–water partition coefficient (Wildman–Crippen LogP) is 3.16. The summed E-state index contributed by atoms with van der Waals surface area (Å²) < 4.78 is 6.43. The molecule has 2 nitrogen and oxygen atoms in total. The van der Waals surface area contributed by atoms with Crippen LogP contribution in [0.1, 0.15) is 31.4 Å². The van der Waals surface area contributed by atoms with Gasteiger partial charge in [-0.15, -0.1) is 0 Å². The van der Waals surface area contributed by atoms with E-state index in [1.54, 1.807) is 0 Å². The highest BCUT2D eigenvalue weighted by Crippen LogP contribution is 2.28. The van der Waals surface area contributed by atoms with Gasteiger partial charge < -0.3 is 9.73 Å². The highest BCUT2D eigenvalue weighted by molar-refractivity contribution is 14.1. The summed E-state index contributed by atoms with van der Waals surface area (Å²) >= 11 is 2.19. The molecule has 1 N–H and O–H groups in total. The van der Waals surface area contributed by atoms with Gasteiger partial charge in [0.05, 0.1) is 6.54 Å². The summed E-state index contributed by atoms with van der Waals surface area (Å²) in [5.41, 5.74) is 0. The minimum atomic E-state index is 0.871. The molecule has 1 heterocycles. The third-order valence-corrected chi connectivity index (χ3v) is 3.46. The first-order valence-electron chi connectivity index (χ1n) is 5.29. The van der Waals surface area contributed by atoms with Gasteiger partial charge in [0.1, 0.15) is 5.76 Å². The Morgan fingerprint density at radius 1 is 1.43 bits per heavy atom. The number of hydrogen-bond donors (Lipinski definition) is 1. The van der Waals surface area contributed by atoms with Crippen molar-refractivity contribution in [2.24, 2.45) is 5.92 Å². The second-order valence-corrected chi connectivity index (χ2v) is 5.03. The Balaban J connectivity index is 1.58. The van der Waals surface area contributed by atoms with Gasteiger partial charge in [-0.1, -0.05) is 19.3 Å². The van der Waals surface area contributed by atoms with Gasteiger partial charge >= 0.3 is 0 Å². The van der Waals surface area contributed by atoms with Crippen molar-refractivity contribution in [2.75, 3.05) is 6.54 Å². The quantitative estimate of drug-likeness (QED) is 0.668. The standard InChI is InChI=1S/C11H16INO/c12-11-5-4-10(14-11)8-13-7-6-9-2-1-3-9/h4-5,9,13H,1-3,6-8H2. The van der Waals surface area contributed by atoms with Gasteiger partial charge in [0.2, 0.25) is 0 Å². The summed E-state index contributed by atoms with van der Waals surface area (Å²) in [6.07, 6.45) is 5.67. The minimum absolute atomic E-state index is 0.871. The number of furan rings is 1. The normalized spacial score (nSPS) is 16.9. The van der Waals surface area contributed by atoms with Gasteiger partial charge in [-0.25, -0.2) is 0 Å². The van der Waals surface area contributed by atoms with E-state index in [2.05, 4.69) is 27.9 Å². The van der Waals surface area contributed by atoms with Crippen LogP contribution in [0.2, 0.25) is 0 Å².